The van der Waals surface area contributed by atoms with Crippen molar-refractivity contribution in [2.45, 2.75) is 19.8 Å². The molecule has 2 amide bonds. The zero-order valence-electron chi connectivity index (χ0n) is 10.7. The summed E-state index contributed by atoms with van der Waals surface area (Å²) < 4.78 is 0.821. The van der Waals surface area contributed by atoms with E-state index in [0.29, 0.717) is 23.6 Å². The van der Waals surface area contributed by atoms with Crippen molar-refractivity contribution in [3.05, 3.63) is 33.8 Å². The minimum Gasteiger partial charge on any atom is -0.274 e. The van der Waals surface area contributed by atoms with E-state index in [1.807, 2.05) is 0 Å². The molecule has 5 heteroatoms. The number of imide groups is 1. The molecule has 1 aliphatic rings. The van der Waals surface area contributed by atoms with Gasteiger partial charge in [0.2, 0.25) is 0 Å². The van der Waals surface area contributed by atoms with Gasteiger partial charge in [0.15, 0.2) is 0 Å². The summed E-state index contributed by atoms with van der Waals surface area (Å²) in [6.45, 7) is 2.63. The molecule has 2 rings (SSSR count). The lowest BCUT2D eigenvalue weighted by Crippen LogP contribution is -2.31. The predicted octanol–water partition coefficient (Wildman–Crippen LogP) is 3.86. The van der Waals surface area contributed by atoms with Crippen molar-refractivity contribution in [2.24, 2.45) is 5.92 Å². The number of rotatable bonds is 5. The van der Waals surface area contributed by atoms with E-state index in [2.05, 4.69) is 38.8 Å². The van der Waals surface area contributed by atoms with Gasteiger partial charge in [-0.2, -0.15) is 0 Å². The average molecular weight is 389 g/mol. The molecule has 0 radical (unpaired) electrons. The minimum absolute atomic E-state index is 0.168. The summed E-state index contributed by atoms with van der Waals surface area (Å²) in [5.74, 6) is 0.154. The Kier molecular flexibility index (Phi) is 4.79. The van der Waals surface area contributed by atoms with Crippen molar-refractivity contribution in [3.8, 4) is 0 Å². The molecule has 0 aromatic heterocycles. The van der Waals surface area contributed by atoms with Crippen molar-refractivity contribution >= 4 is 43.7 Å². The molecule has 0 saturated heterocycles. The molecule has 3 nitrogen and oxygen atoms in total. The van der Waals surface area contributed by atoms with Crippen LogP contribution < -0.4 is 0 Å². The van der Waals surface area contributed by atoms with Crippen LogP contribution in [0.3, 0.4) is 0 Å². The summed E-state index contributed by atoms with van der Waals surface area (Å²) >= 11 is 6.73. The van der Waals surface area contributed by atoms with E-state index in [1.165, 1.54) is 4.90 Å². The first-order valence-corrected chi connectivity index (χ1v) is 8.17. The molecule has 102 valence electrons. The predicted molar refractivity (Wildman–Crippen MR) is 81.7 cm³/mol. The third-order valence-corrected chi connectivity index (χ3v) is 4.33. The second-order valence-electron chi connectivity index (χ2n) is 4.82. The highest BCUT2D eigenvalue weighted by molar-refractivity contribution is 9.10. The Labute approximate surface area is 129 Å². The number of alkyl halides is 1. The first-order valence-electron chi connectivity index (χ1n) is 6.26. The topological polar surface area (TPSA) is 37.4 Å². The molecular weight excluding hydrogens is 374 g/mol. The summed E-state index contributed by atoms with van der Waals surface area (Å²) in [5, 5.41) is 0.948. The Balaban J connectivity index is 2.10. The monoisotopic (exact) mass is 387 g/mol. The van der Waals surface area contributed by atoms with Crippen molar-refractivity contribution in [2.75, 3.05) is 11.9 Å². The zero-order chi connectivity index (χ0) is 14.0. The normalized spacial score (nSPS) is 15.8. The Morgan fingerprint density at radius 2 is 1.84 bits per heavy atom. The highest BCUT2D eigenvalue weighted by Gasteiger charge is 2.35. The molecule has 0 N–H and O–H groups in total. The van der Waals surface area contributed by atoms with Gasteiger partial charge < -0.3 is 0 Å². The highest BCUT2D eigenvalue weighted by atomic mass is 79.9. The first-order chi connectivity index (χ1) is 9.04. The lowest BCUT2D eigenvalue weighted by atomic mass is 10.1. The molecule has 0 bridgehead atoms. The van der Waals surface area contributed by atoms with Crippen LogP contribution in [0.2, 0.25) is 0 Å². The van der Waals surface area contributed by atoms with E-state index >= 15 is 0 Å². The number of halogens is 2. The Bertz CT molecular complexity index is 516. The molecule has 0 saturated carbocycles. The number of benzene rings is 1. The van der Waals surface area contributed by atoms with Crippen molar-refractivity contribution in [1.29, 1.82) is 0 Å². The van der Waals surface area contributed by atoms with Crippen LogP contribution in [0.1, 0.15) is 40.5 Å². The lowest BCUT2D eigenvalue weighted by molar-refractivity contribution is 0.0646. The second-order valence-corrected chi connectivity index (χ2v) is 6.53. The minimum atomic E-state index is -0.174. The van der Waals surface area contributed by atoms with Crippen LogP contribution in [0.25, 0.3) is 0 Å². The molecule has 1 aromatic rings. The molecule has 0 aliphatic carbocycles. The first kappa shape index (κ1) is 14.7. The highest BCUT2D eigenvalue weighted by Crippen LogP contribution is 2.26. The molecule has 1 aromatic carbocycles. The summed E-state index contributed by atoms with van der Waals surface area (Å²) in [6, 6.07) is 5.22. The molecule has 1 heterocycles. The van der Waals surface area contributed by atoms with Crippen LogP contribution in [0.5, 0.6) is 0 Å². The van der Waals surface area contributed by atoms with E-state index in [9.17, 15) is 9.59 Å². The molecule has 1 atom stereocenters. The van der Waals surface area contributed by atoms with Crippen LogP contribution >= 0.6 is 31.9 Å². The maximum absolute atomic E-state index is 12.2. The van der Waals surface area contributed by atoms with Crippen LogP contribution in [0.4, 0.5) is 0 Å². The standard InChI is InChI=1S/C14H15Br2NO2/c1-9(4-6-15)5-7-17-13(18)11-3-2-10(16)8-12(11)14(17)19/h2-3,8-9H,4-7H2,1H3. The van der Waals surface area contributed by atoms with Gasteiger partial charge in [-0.1, -0.05) is 38.8 Å². The van der Waals surface area contributed by atoms with Crippen molar-refractivity contribution in [3.63, 3.8) is 0 Å². The number of amides is 2. The largest absolute Gasteiger partial charge is 0.274 e. The van der Waals surface area contributed by atoms with Crippen molar-refractivity contribution in [1.82, 2.24) is 4.90 Å². The lowest BCUT2D eigenvalue weighted by Gasteiger charge is -2.16. The van der Waals surface area contributed by atoms with Crippen LogP contribution in [0.15, 0.2) is 22.7 Å². The number of carbonyl (C=O) groups is 2. The molecule has 1 unspecified atom stereocenters. The van der Waals surface area contributed by atoms with Crippen LogP contribution in [-0.4, -0.2) is 28.6 Å². The van der Waals surface area contributed by atoms with E-state index in [1.54, 1.807) is 18.2 Å². The summed E-state index contributed by atoms with van der Waals surface area (Å²) in [7, 11) is 0. The zero-order valence-corrected chi connectivity index (χ0v) is 13.8. The Hall–Kier alpha value is -0.680. The fraction of sp³-hybridized carbons (Fsp3) is 0.429. The SMILES string of the molecule is CC(CCBr)CCN1C(=O)c2ccc(Br)cc2C1=O. The molecule has 0 fully saturated rings. The summed E-state index contributed by atoms with van der Waals surface area (Å²) in [5.41, 5.74) is 1.02. The van der Waals surface area contributed by atoms with E-state index in [4.69, 9.17) is 0 Å². The second kappa shape index (κ2) is 6.18. The fourth-order valence-corrected chi connectivity index (χ4v) is 3.29. The maximum atomic E-state index is 12.2. The number of hydrogen-bond donors (Lipinski definition) is 0. The van der Waals surface area contributed by atoms with Crippen LogP contribution in [0, 0.1) is 5.92 Å². The maximum Gasteiger partial charge on any atom is 0.261 e. The smallest absolute Gasteiger partial charge is 0.261 e. The Morgan fingerprint density at radius 3 is 2.53 bits per heavy atom. The number of hydrogen-bond acceptors (Lipinski definition) is 2. The molecule has 1 aliphatic heterocycles. The quantitative estimate of drug-likeness (QED) is 0.567. The van der Waals surface area contributed by atoms with Crippen molar-refractivity contribution < 1.29 is 9.59 Å². The number of carbonyl (C=O) groups excluding carboxylic acids is 2. The van der Waals surface area contributed by atoms with E-state index < -0.39 is 0 Å². The van der Waals surface area contributed by atoms with Gasteiger partial charge in [-0.25, -0.2) is 0 Å². The van der Waals surface area contributed by atoms with Gasteiger partial charge in [0.25, 0.3) is 11.8 Å². The van der Waals surface area contributed by atoms with Gasteiger partial charge in [0, 0.05) is 16.3 Å². The summed E-state index contributed by atoms with van der Waals surface area (Å²) in [4.78, 5) is 25.7. The molecule has 19 heavy (non-hydrogen) atoms. The number of nitrogens with zero attached hydrogens (tertiary/aromatic N) is 1. The van der Waals surface area contributed by atoms with Gasteiger partial charge in [0.1, 0.15) is 0 Å². The van der Waals surface area contributed by atoms with Gasteiger partial charge in [0.05, 0.1) is 11.1 Å². The molecule has 0 spiro atoms. The fourth-order valence-electron chi connectivity index (χ4n) is 2.15. The number of fused-ring (bicyclic) bond motifs is 1. The average Bonchev–Trinajstić information content (AvgIpc) is 2.60. The van der Waals surface area contributed by atoms with E-state index in [0.717, 1.165) is 22.6 Å². The third kappa shape index (κ3) is 3.08. The van der Waals surface area contributed by atoms with Gasteiger partial charge >= 0.3 is 0 Å². The molecular formula is C14H15Br2NO2. The van der Waals surface area contributed by atoms with Crippen LogP contribution in [-0.2, 0) is 0 Å². The summed E-state index contributed by atoms with van der Waals surface area (Å²) in [6.07, 6.45) is 1.90. The Morgan fingerprint density at radius 1 is 1.16 bits per heavy atom. The van der Waals surface area contributed by atoms with Gasteiger partial charge in [-0.05, 0) is 37.0 Å². The van der Waals surface area contributed by atoms with Gasteiger partial charge in [-0.3, -0.25) is 14.5 Å². The third-order valence-electron chi connectivity index (χ3n) is 3.38. The van der Waals surface area contributed by atoms with Gasteiger partial charge in [-0.15, -0.1) is 0 Å². The van der Waals surface area contributed by atoms with E-state index in [-0.39, 0.29) is 11.8 Å².